The Labute approximate surface area is 227 Å². The molecule has 0 unspecified atom stereocenters. The first-order valence-electron chi connectivity index (χ1n) is 11.3. The smallest absolute Gasteiger partial charge is 0.201 e. The lowest BCUT2D eigenvalue weighted by molar-refractivity contribution is -0.596. The maximum atomic E-state index is 2.46. The molecule has 0 aliphatic rings. The van der Waals surface area contributed by atoms with E-state index in [0.29, 0.717) is 23.7 Å². The van der Waals surface area contributed by atoms with Gasteiger partial charge in [-0.05, 0) is 93.1 Å². The van der Waals surface area contributed by atoms with E-state index in [9.17, 15) is 0 Å². The van der Waals surface area contributed by atoms with E-state index < -0.39 is 0 Å². The van der Waals surface area contributed by atoms with Crippen molar-refractivity contribution < 1.29 is 4.57 Å². The highest BCUT2D eigenvalue weighted by atomic mass is 127. The minimum Gasteiger partial charge on any atom is -0.201 e. The van der Waals surface area contributed by atoms with Gasteiger partial charge in [-0.25, -0.2) is 9.13 Å². The van der Waals surface area contributed by atoms with Crippen LogP contribution in [0.1, 0.15) is 101 Å². The number of rotatable bonds is 6. The Morgan fingerprint density at radius 1 is 0.656 bits per heavy atom. The van der Waals surface area contributed by atoms with E-state index in [1.807, 2.05) is 0 Å². The molecule has 0 atom stereocenters. The summed E-state index contributed by atoms with van der Waals surface area (Å²) in [6, 6.07) is 9.39. The van der Waals surface area contributed by atoms with E-state index in [1.54, 1.807) is 0 Å². The van der Waals surface area contributed by atoms with Crippen LogP contribution < -0.4 is 4.57 Å². The summed E-state index contributed by atoms with van der Waals surface area (Å²) in [5.74, 6) is 1.87. The average molecular weight is 678 g/mol. The second-order valence-corrected chi connectivity index (χ2v) is 12.2. The van der Waals surface area contributed by atoms with Gasteiger partial charge in [0.05, 0.1) is 0 Å². The van der Waals surface area contributed by atoms with Crippen molar-refractivity contribution >= 4 is 57.6 Å². The molecule has 174 valence electrons. The van der Waals surface area contributed by atoms with E-state index >= 15 is 0 Å². The summed E-state index contributed by atoms with van der Waals surface area (Å²) in [6.45, 7) is 18.4. The zero-order valence-electron chi connectivity index (χ0n) is 20.4. The molecule has 0 aliphatic carbocycles. The van der Waals surface area contributed by atoms with Crippen LogP contribution in [0.4, 0.5) is 0 Å². The molecule has 1 heterocycles. The molecule has 3 aromatic rings. The minimum atomic E-state index is 0. The van der Waals surface area contributed by atoms with Crippen LogP contribution in [0.5, 0.6) is 0 Å². The molecule has 32 heavy (non-hydrogen) atoms. The Bertz CT molecular complexity index is 939. The van der Waals surface area contributed by atoms with Gasteiger partial charge in [-0.15, -0.1) is 12.4 Å². The van der Waals surface area contributed by atoms with Gasteiger partial charge in [0.15, 0.2) is 0 Å². The fourth-order valence-electron chi connectivity index (χ4n) is 4.26. The molecule has 0 radical (unpaired) electrons. The molecular weight excluding hydrogens is 642 g/mol. The maximum Gasteiger partial charge on any atom is 0.254 e. The number of nitrogens with zero attached hydrogens (tertiary/aromatic N) is 2. The molecule has 2 aromatic carbocycles. The van der Waals surface area contributed by atoms with Crippen molar-refractivity contribution in [2.75, 3.05) is 0 Å². The molecule has 0 amide bonds. The van der Waals surface area contributed by atoms with Crippen LogP contribution in [0.2, 0.25) is 0 Å². The first kappa shape index (κ1) is 27.6. The summed E-state index contributed by atoms with van der Waals surface area (Å²) in [5.41, 5.74) is 8.32. The largest absolute Gasteiger partial charge is 0.254 e. The number of imidazole rings is 1. The summed E-state index contributed by atoms with van der Waals surface area (Å²) < 4.78 is 7.31. The molecule has 3 rings (SSSR count). The molecule has 0 saturated heterocycles. The average Bonchev–Trinajstić information content (AvgIpc) is 3.15. The monoisotopic (exact) mass is 677 g/mol. The molecular formula is C27H36ClI2N2+. The molecule has 0 saturated carbocycles. The van der Waals surface area contributed by atoms with Crippen LogP contribution in [-0.4, -0.2) is 4.57 Å². The number of hydrogen-bond donors (Lipinski definition) is 0. The predicted octanol–water partition coefficient (Wildman–Crippen LogP) is 8.88. The van der Waals surface area contributed by atoms with Gasteiger partial charge < -0.3 is 0 Å². The van der Waals surface area contributed by atoms with Crippen LogP contribution in [0.3, 0.4) is 0 Å². The minimum absolute atomic E-state index is 0. The van der Waals surface area contributed by atoms with Crippen molar-refractivity contribution in [3.63, 3.8) is 0 Å². The summed E-state index contributed by atoms with van der Waals surface area (Å²) in [7, 11) is 0. The first-order chi connectivity index (χ1) is 14.5. The van der Waals surface area contributed by atoms with Gasteiger partial charge in [0, 0.05) is 29.4 Å². The molecule has 5 heteroatoms. The zero-order valence-corrected chi connectivity index (χ0v) is 25.5. The number of halogens is 3. The lowest BCUT2D eigenvalue weighted by Gasteiger charge is -2.18. The van der Waals surface area contributed by atoms with Gasteiger partial charge in [0.25, 0.3) is 6.33 Å². The van der Waals surface area contributed by atoms with Crippen molar-refractivity contribution in [2.24, 2.45) is 0 Å². The Morgan fingerprint density at radius 2 is 1.03 bits per heavy atom. The Balaban J connectivity index is 0.00000363. The molecule has 0 spiro atoms. The summed E-state index contributed by atoms with van der Waals surface area (Å²) in [5, 5.41) is 0. The highest BCUT2D eigenvalue weighted by Crippen LogP contribution is 2.34. The van der Waals surface area contributed by atoms with Gasteiger partial charge in [0.1, 0.15) is 23.8 Å². The van der Waals surface area contributed by atoms with Crippen molar-refractivity contribution in [3.05, 3.63) is 72.4 Å². The molecule has 0 fully saturated rings. The maximum absolute atomic E-state index is 2.46. The standard InChI is InChI=1S/C27H35I2N2.ClH/c1-16(2)22-11-20(28)12-23(17(3)4)26(22)30-9-10-31(15-30)27-24(18(5)6)13-21(29)14-25(27)19(7)8;/h9-19H,1-8H3;1H/q+1;. The van der Waals surface area contributed by atoms with Gasteiger partial charge in [-0.2, -0.15) is 0 Å². The Hall–Kier alpha value is -0.600. The van der Waals surface area contributed by atoms with Gasteiger partial charge >= 0.3 is 0 Å². The van der Waals surface area contributed by atoms with Gasteiger partial charge in [-0.3, -0.25) is 0 Å². The van der Waals surface area contributed by atoms with E-state index in [-0.39, 0.29) is 12.4 Å². The van der Waals surface area contributed by atoms with Crippen LogP contribution in [0.25, 0.3) is 11.4 Å². The fraction of sp³-hybridized carbons (Fsp3) is 0.444. The van der Waals surface area contributed by atoms with E-state index in [1.165, 1.54) is 40.8 Å². The van der Waals surface area contributed by atoms with E-state index in [0.717, 1.165) is 0 Å². The van der Waals surface area contributed by atoms with Crippen LogP contribution in [0.15, 0.2) is 43.0 Å². The summed E-state index contributed by atoms with van der Waals surface area (Å²) in [6.07, 6.45) is 6.73. The first-order valence-corrected chi connectivity index (χ1v) is 13.4. The third-order valence-corrected chi connectivity index (χ3v) is 7.15. The van der Waals surface area contributed by atoms with Gasteiger partial charge in [-0.1, -0.05) is 55.4 Å². The normalized spacial score (nSPS) is 11.7. The van der Waals surface area contributed by atoms with Crippen molar-refractivity contribution in [1.82, 2.24) is 4.57 Å². The SMILES string of the molecule is CC(C)c1cc(I)cc(C(C)C)c1-n1cc[n+](-c2c(C(C)C)cc(I)cc2C(C)C)c1.Cl. The Kier molecular flexibility index (Phi) is 9.69. The predicted molar refractivity (Wildman–Crippen MR) is 156 cm³/mol. The van der Waals surface area contributed by atoms with E-state index in [2.05, 4.69) is 153 Å². The number of benzene rings is 2. The lowest BCUT2D eigenvalue weighted by atomic mass is 9.92. The molecule has 2 nitrogen and oxygen atoms in total. The topological polar surface area (TPSA) is 8.81 Å². The second kappa shape index (κ2) is 11.2. The number of aromatic nitrogens is 2. The molecule has 1 aromatic heterocycles. The van der Waals surface area contributed by atoms with Crippen LogP contribution >= 0.6 is 57.6 Å². The zero-order chi connectivity index (χ0) is 23.0. The van der Waals surface area contributed by atoms with Crippen molar-refractivity contribution in [3.8, 4) is 11.4 Å². The fourth-order valence-corrected chi connectivity index (χ4v) is 5.60. The van der Waals surface area contributed by atoms with Crippen molar-refractivity contribution in [2.45, 2.75) is 79.1 Å². The highest BCUT2D eigenvalue weighted by Gasteiger charge is 2.25. The second-order valence-electron chi connectivity index (χ2n) is 9.71. The number of hydrogen-bond acceptors (Lipinski definition) is 0. The highest BCUT2D eigenvalue weighted by molar-refractivity contribution is 14.1. The summed E-state index contributed by atoms with van der Waals surface area (Å²) in [4.78, 5) is 0. The molecule has 0 bridgehead atoms. The van der Waals surface area contributed by atoms with Crippen LogP contribution in [-0.2, 0) is 0 Å². The third kappa shape index (κ3) is 5.72. The van der Waals surface area contributed by atoms with Gasteiger partial charge in [0.2, 0.25) is 0 Å². The molecule has 0 aliphatic heterocycles. The molecule has 0 N–H and O–H groups in total. The van der Waals surface area contributed by atoms with Crippen molar-refractivity contribution in [1.29, 1.82) is 0 Å². The lowest BCUT2D eigenvalue weighted by Crippen LogP contribution is -2.32. The quantitative estimate of drug-likeness (QED) is 0.182. The van der Waals surface area contributed by atoms with E-state index in [4.69, 9.17) is 0 Å². The summed E-state index contributed by atoms with van der Waals surface area (Å²) >= 11 is 4.92. The third-order valence-electron chi connectivity index (χ3n) is 5.91. The van der Waals surface area contributed by atoms with Crippen LogP contribution in [0, 0.1) is 7.14 Å². The Morgan fingerprint density at radius 3 is 1.41 bits per heavy atom.